The van der Waals surface area contributed by atoms with Gasteiger partial charge in [-0.05, 0) is 150 Å². The lowest BCUT2D eigenvalue weighted by Gasteiger charge is -2.39. The summed E-state index contributed by atoms with van der Waals surface area (Å²) in [6.45, 7) is 22.9. The summed E-state index contributed by atoms with van der Waals surface area (Å²) in [5.41, 5.74) is 5.65. The molecule has 0 bridgehead atoms. The Morgan fingerprint density at radius 1 is 0.767 bits per heavy atom. The first-order valence-electron chi connectivity index (χ1n) is 21.8. The van der Waals surface area contributed by atoms with Crippen LogP contribution in [0.1, 0.15) is 114 Å². The van der Waals surface area contributed by atoms with Gasteiger partial charge in [-0.2, -0.15) is 0 Å². The zero-order valence-corrected chi connectivity index (χ0v) is 39.7. The average Bonchev–Trinajstić information content (AvgIpc) is 3.17. The number of aryl methyl sites for hydroxylation is 1. The third kappa shape index (κ3) is 15.2. The lowest BCUT2D eigenvalue weighted by Crippen LogP contribution is -2.43. The quantitative estimate of drug-likeness (QED) is 0.0312. The standard InChI is InChI=1S/C49H73N3O6SSi/c1-36(2)52(37(3)4)31-29-43(40-18-14-11-15-19-40)44-33-39(22-26-46(44)53)17-13-12-16-32-57-42-24-20-38(21-25-42)28-30-50-35-48(58-60(9,10)49(5,6)7)41-23-27-47(54)45(34-41)51-59(8,55)56/h11,14-15,18-27,33-34,36-37,43,48,50-51,53-54H,12-13,16-17,28-32,35H2,1-10H3. The molecule has 4 aromatic carbocycles. The van der Waals surface area contributed by atoms with E-state index in [9.17, 15) is 18.6 Å². The van der Waals surface area contributed by atoms with Crippen LogP contribution in [0.4, 0.5) is 5.69 Å². The summed E-state index contributed by atoms with van der Waals surface area (Å²) >= 11 is 0. The SMILES string of the molecule is CC(C)N(CCC(c1ccccc1)c1cc(CCCCCOc2ccc(CCNCC(O[Si](C)(C)C(C)(C)C)c3ccc(O)c(NS(C)(=O)=O)c3)cc2)ccc1O)C(C)C. The van der Waals surface area contributed by atoms with Crippen molar-refractivity contribution in [2.45, 2.75) is 129 Å². The number of nitrogens with zero attached hydrogens (tertiary/aromatic N) is 1. The maximum Gasteiger partial charge on any atom is 0.229 e. The molecule has 0 saturated heterocycles. The topological polar surface area (TPSA) is 120 Å². The number of aromatic hydroxyl groups is 2. The molecule has 0 saturated carbocycles. The van der Waals surface area contributed by atoms with Crippen molar-refractivity contribution in [2.75, 3.05) is 37.2 Å². The van der Waals surface area contributed by atoms with E-state index in [1.54, 1.807) is 12.1 Å². The summed E-state index contributed by atoms with van der Waals surface area (Å²) in [7, 11) is -5.76. The monoisotopic (exact) mass is 859 g/mol. The molecule has 0 fully saturated rings. The highest BCUT2D eigenvalue weighted by Gasteiger charge is 2.39. The van der Waals surface area contributed by atoms with E-state index >= 15 is 0 Å². The highest BCUT2D eigenvalue weighted by molar-refractivity contribution is 7.92. The first kappa shape index (κ1) is 48.8. The van der Waals surface area contributed by atoms with Gasteiger partial charge < -0.3 is 24.7 Å². The average molecular weight is 860 g/mol. The number of unbranched alkanes of at least 4 members (excludes halogenated alkanes) is 2. The summed E-state index contributed by atoms with van der Waals surface area (Å²) in [5, 5.41) is 24.9. The lowest BCUT2D eigenvalue weighted by atomic mass is 9.86. The van der Waals surface area contributed by atoms with Gasteiger partial charge in [0.25, 0.3) is 0 Å². The molecule has 11 heteroatoms. The molecule has 0 aliphatic rings. The Hall–Kier alpha value is -3.87. The van der Waals surface area contributed by atoms with Crippen LogP contribution in [0.2, 0.25) is 18.1 Å². The van der Waals surface area contributed by atoms with Crippen LogP contribution in [0.25, 0.3) is 0 Å². The van der Waals surface area contributed by atoms with E-state index in [1.807, 2.05) is 18.2 Å². The molecular weight excluding hydrogens is 787 g/mol. The fourth-order valence-electron chi connectivity index (χ4n) is 7.43. The van der Waals surface area contributed by atoms with Gasteiger partial charge in [-0.3, -0.25) is 9.62 Å². The lowest BCUT2D eigenvalue weighted by molar-refractivity contribution is 0.170. The number of hydrogen-bond acceptors (Lipinski definition) is 8. The van der Waals surface area contributed by atoms with Crippen LogP contribution in [-0.4, -0.2) is 76.4 Å². The number of ether oxygens (including phenoxy) is 1. The minimum absolute atomic E-state index is 0.0191. The number of benzene rings is 4. The van der Waals surface area contributed by atoms with Crippen molar-refractivity contribution in [1.29, 1.82) is 0 Å². The maximum absolute atomic E-state index is 11.9. The van der Waals surface area contributed by atoms with Gasteiger partial charge in [0.15, 0.2) is 8.32 Å². The summed E-state index contributed by atoms with van der Waals surface area (Å²) in [4.78, 5) is 2.53. The molecule has 0 amide bonds. The van der Waals surface area contributed by atoms with Crippen LogP contribution in [0, 0.1) is 0 Å². The van der Waals surface area contributed by atoms with Crippen LogP contribution < -0.4 is 14.8 Å². The Kier molecular flexibility index (Phi) is 18.1. The number of anilines is 1. The minimum atomic E-state index is -3.57. The number of hydrogen-bond donors (Lipinski definition) is 4. The van der Waals surface area contributed by atoms with Crippen molar-refractivity contribution >= 4 is 24.0 Å². The van der Waals surface area contributed by atoms with E-state index in [0.717, 1.165) is 74.7 Å². The summed E-state index contributed by atoms with van der Waals surface area (Å²) < 4.78 is 39.2. The molecule has 60 heavy (non-hydrogen) atoms. The summed E-state index contributed by atoms with van der Waals surface area (Å²) in [6.07, 6.45) is 6.54. The van der Waals surface area contributed by atoms with Crippen molar-refractivity contribution in [3.05, 3.63) is 119 Å². The molecular formula is C49H73N3O6SSi. The molecule has 0 radical (unpaired) electrons. The molecule has 0 heterocycles. The first-order valence-corrected chi connectivity index (χ1v) is 26.6. The van der Waals surface area contributed by atoms with E-state index in [4.69, 9.17) is 9.16 Å². The molecule has 0 spiro atoms. The Balaban J connectivity index is 1.25. The normalized spacial score (nSPS) is 13.6. The Morgan fingerprint density at radius 2 is 1.42 bits per heavy atom. The smallest absolute Gasteiger partial charge is 0.229 e. The minimum Gasteiger partial charge on any atom is -0.508 e. The van der Waals surface area contributed by atoms with Gasteiger partial charge in [-0.25, -0.2) is 8.42 Å². The molecule has 4 aromatic rings. The summed E-state index contributed by atoms with van der Waals surface area (Å²) in [5.74, 6) is 1.23. The largest absolute Gasteiger partial charge is 0.508 e. The van der Waals surface area contributed by atoms with Crippen LogP contribution in [-0.2, 0) is 27.3 Å². The Labute approximate surface area is 363 Å². The molecule has 0 aliphatic carbocycles. The Morgan fingerprint density at radius 3 is 2.05 bits per heavy atom. The van der Waals surface area contributed by atoms with Gasteiger partial charge in [0.1, 0.15) is 17.2 Å². The second-order valence-corrected chi connectivity index (χ2v) is 24.9. The highest BCUT2D eigenvalue weighted by Crippen LogP contribution is 2.41. The number of phenols is 2. The number of nitrogens with one attached hydrogen (secondary N) is 2. The fourth-order valence-corrected chi connectivity index (χ4v) is 9.28. The van der Waals surface area contributed by atoms with Gasteiger partial charge in [-0.15, -0.1) is 0 Å². The second kappa shape index (κ2) is 22.3. The van der Waals surface area contributed by atoms with Crippen LogP contribution in [0.5, 0.6) is 17.2 Å². The zero-order chi connectivity index (χ0) is 44.1. The molecule has 330 valence electrons. The number of phenolic OH excluding ortho intramolecular Hbond substituents is 2. The van der Waals surface area contributed by atoms with Gasteiger partial charge in [-0.1, -0.05) is 81.4 Å². The number of rotatable bonds is 24. The first-order chi connectivity index (χ1) is 28.2. The molecule has 0 aromatic heterocycles. The summed E-state index contributed by atoms with van der Waals surface area (Å²) in [6, 6.07) is 31.0. The molecule has 2 atom stereocenters. The van der Waals surface area contributed by atoms with Gasteiger partial charge in [0.05, 0.1) is 24.7 Å². The highest BCUT2D eigenvalue weighted by atomic mass is 32.2. The molecule has 9 nitrogen and oxygen atoms in total. The van der Waals surface area contributed by atoms with E-state index in [2.05, 4.69) is 131 Å². The predicted octanol–water partition coefficient (Wildman–Crippen LogP) is 10.8. The molecule has 0 aliphatic heterocycles. The van der Waals surface area contributed by atoms with Gasteiger partial charge >= 0.3 is 0 Å². The predicted molar refractivity (Wildman–Crippen MR) is 252 cm³/mol. The Bertz CT molecular complexity index is 2010. The van der Waals surface area contributed by atoms with Crippen molar-refractivity contribution in [1.82, 2.24) is 10.2 Å². The van der Waals surface area contributed by atoms with Crippen LogP contribution in [0.15, 0.2) is 91.0 Å². The van der Waals surface area contributed by atoms with E-state index in [1.165, 1.54) is 22.8 Å². The van der Waals surface area contributed by atoms with E-state index in [-0.39, 0.29) is 28.5 Å². The number of sulfonamides is 1. The van der Waals surface area contributed by atoms with Crippen molar-refractivity contribution in [3.8, 4) is 17.2 Å². The van der Waals surface area contributed by atoms with Crippen LogP contribution >= 0.6 is 0 Å². The van der Waals surface area contributed by atoms with E-state index in [0.29, 0.717) is 31.0 Å². The zero-order valence-electron chi connectivity index (χ0n) is 37.9. The maximum atomic E-state index is 11.9. The van der Waals surface area contributed by atoms with Gasteiger partial charge in [0, 0.05) is 30.1 Å². The van der Waals surface area contributed by atoms with Crippen molar-refractivity contribution in [3.63, 3.8) is 0 Å². The van der Waals surface area contributed by atoms with Crippen molar-refractivity contribution < 1.29 is 27.8 Å². The molecule has 2 unspecified atom stereocenters. The second-order valence-electron chi connectivity index (χ2n) is 18.3. The van der Waals surface area contributed by atoms with E-state index < -0.39 is 18.3 Å². The molecule has 4 rings (SSSR count). The van der Waals surface area contributed by atoms with Gasteiger partial charge in [0.2, 0.25) is 10.0 Å². The molecule has 4 N–H and O–H groups in total. The third-order valence-electron chi connectivity index (χ3n) is 11.8. The fraction of sp³-hybridized carbons (Fsp3) is 0.510. The van der Waals surface area contributed by atoms with Crippen LogP contribution in [0.3, 0.4) is 0 Å². The van der Waals surface area contributed by atoms with Crippen molar-refractivity contribution in [2.24, 2.45) is 0 Å². The third-order valence-corrected chi connectivity index (χ3v) is 16.9.